The third-order valence-electron chi connectivity index (χ3n) is 4.26. The first-order valence-corrected chi connectivity index (χ1v) is 10.8. The number of hydrogen-bond donors (Lipinski definition) is 2. The van der Waals surface area contributed by atoms with Crippen LogP contribution in [0.1, 0.15) is 56.4 Å². The first-order chi connectivity index (χ1) is 12.9. The lowest BCUT2D eigenvalue weighted by molar-refractivity contribution is -0.121. The van der Waals surface area contributed by atoms with Crippen LogP contribution < -0.4 is 10.0 Å². The maximum absolute atomic E-state index is 12.7. The summed E-state index contributed by atoms with van der Waals surface area (Å²) in [6, 6.07) is 9.14. The second-order valence-electron chi connectivity index (χ2n) is 6.62. The zero-order chi connectivity index (χ0) is 19.7. The van der Waals surface area contributed by atoms with E-state index in [1.807, 2.05) is 6.92 Å². The fourth-order valence-electron chi connectivity index (χ4n) is 2.70. The summed E-state index contributed by atoms with van der Waals surface area (Å²) in [5.41, 5.74) is 0.971. The minimum absolute atomic E-state index is 0.0214. The van der Waals surface area contributed by atoms with Crippen LogP contribution in [0, 0.1) is 6.92 Å². The lowest BCUT2D eigenvalue weighted by Gasteiger charge is -2.17. The average molecular weight is 393 g/mol. The Labute approximate surface area is 161 Å². The highest BCUT2D eigenvalue weighted by Gasteiger charge is 2.25. The van der Waals surface area contributed by atoms with Gasteiger partial charge in [-0.15, -0.1) is 0 Å². The third-order valence-corrected chi connectivity index (χ3v) is 5.74. The predicted molar refractivity (Wildman–Crippen MR) is 105 cm³/mol. The topological polar surface area (TPSA) is 88.4 Å². The SMILES string of the molecule is CCCCCCNC(=O)C[C@@H](NS(=O)(=O)c1ccc(C)cc1)c1ccco1. The van der Waals surface area contributed by atoms with Crippen molar-refractivity contribution in [3.8, 4) is 0 Å². The summed E-state index contributed by atoms with van der Waals surface area (Å²) < 4.78 is 33.3. The van der Waals surface area contributed by atoms with Crippen LogP contribution in [0.5, 0.6) is 0 Å². The minimum atomic E-state index is -3.77. The van der Waals surface area contributed by atoms with Gasteiger partial charge in [-0.25, -0.2) is 8.42 Å². The fourth-order valence-corrected chi connectivity index (χ4v) is 3.90. The number of rotatable bonds is 11. The van der Waals surface area contributed by atoms with Gasteiger partial charge >= 0.3 is 0 Å². The number of nitrogens with one attached hydrogen (secondary N) is 2. The molecule has 0 aliphatic carbocycles. The smallest absolute Gasteiger partial charge is 0.241 e. The van der Waals surface area contributed by atoms with Crippen LogP contribution in [0.2, 0.25) is 0 Å². The Balaban J connectivity index is 2.02. The van der Waals surface area contributed by atoms with E-state index in [1.54, 1.807) is 36.4 Å². The van der Waals surface area contributed by atoms with Gasteiger partial charge in [-0.2, -0.15) is 4.72 Å². The molecule has 1 aromatic carbocycles. The van der Waals surface area contributed by atoms with Crippen molar-refractivity contribution in [2.24, 2.45) is 0 Å². The van der Waals surface area contributed by atoms with E-state index in [-0.39, 0.29) is 17.2 Å². The van der Waals surface area contributed by atoms with Crippen LogP contribution in [-0.2, 0) is 14.8 Å². The zero-order valence-corrected chi connectivity index (χ0v) is 16.7. The number of aryl methyl sites for hydroxylation is 1. The van der Waals surface area contributed by atoms with Crippen molar-refractivity contribution in [1.82, 2.24) is 10.0 Å². The molecule has 2 aromatic rings. The summed E-state index contributed by atoms with van der Waals surface area (Å²) in [4.78, 5) is 12.4. The molecule has 2 rings (SSSR count). The van der Waals surface area contributed by atoms with Crippen molar-refractivity contribution < 1.29 is 17.6 Å². The second-order valence-corrected chi connectivity index (χ2v) is 8.33. The molecule has 27 heavy (non-hydrogen) atoms. The number of unbranched alkanes of at least 4 members (excludes halogenated alkanes) is 3. The number of benzene rings is 1. The molecule has 6 nitrogen and oxygen atoms in total. The van der Waals surface area contributed by atoms with Crippen molar-refractivity contribution in [2.75, 3.05) is 6.54 Å². The molecular formula is C20H28N2O4S. The van der Waals surface area contributed by atoms with Gasteiger partial charge in [0, 0.05) is 6.54 Å². The van der Waals surface area contributed by atoms with Crippen LogP contribution in [0.15, 0.2) is 52.0 Å². The molecule has 0 saturated heterocycles. The zero-order valence-electron chi connectivity index (χ0n) is 15.9. The van der Waals surface area contributed by atoms with E-state index in [9.17, 15) is 13.2 Å². The van der Waals surface area contributed by atoms with Gasteiger partial charge in [0.05, 0.1) is 23.6 Å². The Morgan fingerprint density at radius 3 is 2.48 bits per heavy atom. The van der Waals surface area contributed by atoms with E-state index in [2.05, 4.69) is 17.0 Å². The van der Waals surface area contributed by atoms with Gasteiger partial charge in [-0.3, -0.25) is 4.79 Å². The summed E-state index contributed by atoms with van der Waals surface area (Å²) in [7, 11) is -3.77. The van der Waals surface area contributed by atoms with Gasteiger partial charge < -0.3 is 9.73 Å². The van der Waals surface area contributed by atoms with E-state index < -0.39 is 16.1 Å². The van der Waals surface area contributed by atoms with Crippen LogP contribution in [0.25, 0.3) is 0 Å². The second kappa shape index (κ2) is 10.3. The summed E-state index contributed by atoms with van der Waals surface area (Å²) in [5.74, 6) is 0.200. The van der Waals surface area contributed by atoms with E-state index in [4.69, 9.17) is 4.42 Å². The monoisotopic (exact) mass is 392 g/mol. The maximum atomic E-state index is 12.7. The first kappa shape index (κ1) is 21.2. The number of carbonyl (C=O) groups is 1. The molecule has 0 spiro atoms. The molecule has 0 saturated carbocycles. The van der Waals surface area contributed by atoms with Gasteiger partial charge in [0.15, 0.2) is 0 Å². The van der Waals surface area contributed by atoms with Gasteiger partial charge in [0.25, 0.3) is 0 Å². The molecule has 1 amide bonds. The van der Waals surface area contributed by atoms with E-state index >= 15 is 0 Å². The van der Waals surface area contributed by atoms with Gasteiger partial charge in [0.2, 0.25) is 15.9 Å². The Kier molecular flexibility index (Phi) is 8.06. The number of sulfonamides is 1. The molecule has 1 aromatic heterocycles. The van der Waals surface area contributed by atoms with Gasteiger partial charge in [-0.05, 0) is 37.6 Å². The summed E-state index contributed by atoms with van der Waals surface area (Å²) in [6.45, 7) is 4.61. The minimum Gasteiger partial charge on any atom is -0.468 e. The molecule has 2 N–H and O–H groups in total. The Morgan fingerprint density at radius 2 is 1.85 bits per heavy atom. The van der Waals surface area contributed by atoms with Crippen molar-refractivity contribution in [1.29, 1.82) is 0 Å². The highest BCUT2D eigenvalue weighted by atomic mass is 32.2. The number of amides is 1. The molecule has 7 heteroatoms. The molecule has 0 bridgehead atoms. The molecule has 0 radical (unpaired) electrons. The Hall–Kier alpha value is -2.12. The number of carbonyl (C=O) groups excluding carboxylic acids is 1. The van der Waals surface area contributed by atoms with Crippen molar-refractivity contribution in [3.05, 3.63) is 54.0 Å². The Morgan fingerprint density at radius 1 is 1.11 bits per heavy atom. The van der Waals surface area contributed by atoms with Crippen molar-refractivity contribution in [3.63, 3.8) is 0 Å². The number of hydrogen-bond acceptors (Lipinski definition) is 4. The van der Waals surface area contributed by atoms with Crippen LogP contribution in [0.4, 0.5) is 0 Å². The van der Waals surface area contributed by atoms with Crippen LogP contribution in [-0.4, -0.2) is 20.9 Å². The molecule has 0 aliphatic heterocycles. The fraction of sp³-hybridized carbons (Fsp3) is 0.450. The standard InChI is InChI=1S/C20H28N2O4S/c1-3-4-5-6-13-21-20(23)15-18(19-8-7-14-26-19)22-27(24,25)17-11-9-16(2)10-12-17/h7-12,14,18,22H,3-6,13,15H2,1-2H3,(H,21,23)/t18-/m1/s1. The average Bonchev–Trinajstić information content (AvgIpc) is 3.16. The normalized spacial score (nSPS) is 12.7. The first-order valence-electron chi connectivity index (χ1n) is 9.31. The van der Waals surface area contributed by atoms with Gasteiger partial charge in [-0.1, -0.05) is 43.9 Å². The quantitative estimate of drug-likeness (QED) is 0.571. The van der Waals surface area contributed by atoms with E-state index in [0.717, 1.165) is 31.2 Å². The van der Waals surface area contributed by atoms with Gasteiger partial charge in [0.1, 0.15) is 5.76 Å². The summed E-state index contributed by atoms with van der Waals surface area (Å²) in [5, 5.41) is 2.85. The summed E-state index contributed by atoms with van der Waals surface area (Å²) in [6.07, 6.45) is 5.70. The summed E-state index contributed by atoms with van der Waals surface area (Å²) >= 11 is 0. The molecular weight excluding hydrogens is 364 g/mol. The lowest BCUT2D eigenvalue weighted by atomic mass is 10.1. The largest absolute Gasteiger partial charge is 0.468 e. The van der Waals surface area contributed by atoms with Crippen molar-refractivity contribution >= 4 is 15.9 Å². The molecule has 1 heterocycles. The highest BCUT2D eigenvalue weighted by molar-refractivity contribution is 7.89. The molecule has 148 valence electrons. The van der Waals surface area contributed by atoms with E-state index in [0.29, 0.717) is 12.3 Å². The molecule has 1 atom stereocenters. The van der Waals surface area contributed by atoms with Crippen LogP contribution >= 0.6 is 0 Å². The Bertz CT molecular complexity index is 799. The predicted octanol–water partition coefficient (Wildman–Crippen LogP) is 3.69. The molecule has 0 aliphatic rings. The third kappa shape index (κ3) is 6.84. The maximum Gasteiger partial charge on any atom is 0.241 e. The van der Waals surface area contributed by atoms with Crippen LogP contribution in [0.3, 0.4) is 0 Å². The van der Waals surface area contributed by atoms with E-state index in [1.165, 1.54) is 6.26 Å². The van der Waals surface area contributed by atoms with Crippen molar-refractivity contribution in [2.45, 2.75) is 56.9 Å². The molecule has 0 fully saturated rings. The number of furan rings is 1. The highest BCUT2D eigenvalue weighted by Crippen LogP contribution is 2.21. The lowest BCUT2D eigenvalue weighted by Crippen LogP contribution is -2.34. The molecule has 0 unspecified atom stereocenters.